The lowest BCUT2D eigenvalue weighted by Gasteiger charge is -2.06. The minimum Gasteiger partial charge on any atom is -0.325 e. The lowest BCUT2D eigenvalue weighted by Crippen LogP contribution is -2.20. The molecule has 0 atom stereocenters. The number of H-pyrrole nitrogens is 1. The second kappa shape index (κ2) is 8.93. The number of hydrogen-bond acceptors (Lipinski definition) is 6. The number of anilines is 1. The molecule has 0 aliphatic heterocycles. The van der Waals surface area contributed by atoms with Gasteiger partial charge in [0.15, 0.2) is 10.1 Å². The van der Waals surface area contributed by atoms with E-state index >= 15 is 0 Å². The van der Waals surface area contributed by atoms with Gasteiger partial charge in [-0.25, -0.2) is 13.4 Å². The van der Waals surface area contributed by atoms with Gasteiger partial charge in [0.05, 0.1) is 16.8 Å². The predicted octanol–water partition coefficient (Wildman–Crippen LogP) is 3.40. The average Bonchev–Trinajstić information content (AvgIpc) is 2.68. The highest BCUT2D eigenvalue weighted by atomic mass is 79.9. The summed E-state index contributed by atoms with van der Waals surface area (Å²) < 4.78 is 26.2. The standard InChI is InChI=1S/C19H16BrN3O4S2/c1-12-2-8-15(9-3-12)29(26,27)16-10-21-19(23-18(16)25)28-11-17(24)22-14-6-4-13(20)5-7-14/h2-10H,11H2,1H3,(H,22,24)(H,21,23,25). The Labute approximate surface area is 180 Å². The summed E-state index contributed by atoms with van der Waals surface area (Å²) in [6.45, 7) is 1.84. The molecule has 29 heavy (non-hydrogen) atoms. The van der Waals surface area contributed by atoms with Crippen LogP contribution in [0, 0.1) is 6.92 Å². The Morgan fingerprint density at radius 3 is 2.41 bits per heavy atom. The normalized spacial score (nSPS) is 11.2. The summed E-state index contributed by atoms with van der Waals surface area (Å²) in [5.41, 5.74) is 0.764. The monoisotopic (exact) mass is 493 g/mol. The van der Waals surface area contributed by atoms with E-state index in [2.05, 4.69) is 31.2 Å². The number of halogens is 1. The first-order valence-electron chi connectivity index (χ1n) is 8.35. The molecule has 0 aliphatic rings. The molecule has 0 saturated carbocycles. The van der Waals surface area contributed by atoms with Crippen molar-refractivity contribution in [2.75, 3.05) is 11.1 Å². The summed E-state index contributed by atoms with van der Waals surface area (Å²) in [5, 5.41) is 2.88. The van der Waals surface area contributed by atoms with Gasteiger partial charge in [0.1, 0.15) is 0 Å². The van der Waals surface area contributed by atoms with E-state index in [0.717, 1.165) is 28.0 Å². The first-order valence-corrected chi connectivity index (χ1v) is 11.6. The Morgan fingerprint density at radius 2 is 1.79 bits per heavy atom. The molecule has 1 heterocycles. The highest BCUT2D eigenvalue weighted by Crippen LogP contribution is 2.19. The van der Waals surface area contributed by atoms with Crippen molar-refractivity contribution in [2.45, 2.75) is 21.9 Å². The third-order valence-corrected chi connectivity index (χ3v) is 7.01. The third-order valence-electron chi connectivity index (χ3n) is 3.83. The molecular formula is C19H16BrN3O4S2. The van der Waals surface area contributed by atoms with Gasteiger partial charge in [-0.1, -0.05) is 45.4 Å². The van der Waals surface area contributed by atoms with E-state index in [9.17, 15) is 18.0 Å². The zero-order chi connectivity index (χ0) is 21.0. The SMILES string of the molecule is Cc1ccc(S(=O)(=O)c2cnc(SCC(=O)Nc3ccc(Br)cc3)[nH]c2=O)cc1. The van der Waals surface area contributed by atoms with Crippen LogP contribution in [-0.4, -0.2) is 30.0 Å². The van der Waals surface area contributed by atoms with Crippen LogP contribution in [0.4, 0.5) is 5.69 Å². The average molecular weight is 494 g/mol. The molecule has 0 spiro atoms. The molecule has 1 amide bonds. The van der Waals surface area contributed by atoms with E-state index in [1.54, 1.807) is 36.4 Å². The number of aromatic nitrogens is 2. The molecule has 2 N–H and O–H groups in total. The maximum atomic E-state index is 12.6. The summed E-state index contributed by atoms with van der Waals surface area (Å²) in [4.78, 5) is 30.3. The van der Waals surface area contributed by atoms with Crippen molar-refractivity contribution in [3.8, 4) is 0 Å². The molecule has 0 saturated heterocycles. The molecule has 3 rings (SSSR count). The second-order valence-corrected chi connectivity index (χ2v) is 9.84. The van der Waals surface area contributed by atoms with Crippen molar-refractivity contribution < 1.29 is 13.2 Å². The summed E-state index contributed by atoms with van der Waals surface area (Å²) in [6, 6.07) is 13.3. The van der Waals surface area contributed by atoms with Crippen LogP contribution in [0.15, 0.2) is 78.9 Å². The van der Waals surface area contributed by atoms with Gasteiger partial charge in [-0.3, -0.25) is 9.59 Å². The van der Waals surface area contributed by atoms with Gasteiger partial charge in [0.2, 0.25) is 15.7 Å². The molecule has 0 radical (unpaired) electrons. The second-order valence-electron chi connectivity index (χ2n) is 6.04. The van der Waals surface area contributed by atoms with E-state index in [0.29, 0.717) is 5.69 Å². The molecule has 150 valence electrons. The third kappa shape index (κ3) is 5.34. The van der Waals surface area contributed by atoms with E-state index in [4.69, 9.17) is 0 Å². The van der Waals surface area contributed by atoms with E-state index in [1.807, 2.05) is 6.92 Å². The maximum Gasteiger partial charge on any atom is 0.270 e. The van der Waals surface area contributed by atoms with Crippen LogP contribution in [0.3, 0.4) is 0 Å². The Hall–Kier alpha value is -2.43. The number of aromatic amines is 1. The number of carbonyl (C=O) groups is 1. The minimum absolute atomic E-state index is 0.00304. The predicted molar refractivity (Wildman–Crippen MR) is 115 cm³/mol. The van der Waals surface area contributed by atoms with Crippen LogP contribution in [0.25, 0.3) is 0 Å². The number of carbonyl (C=O) groups excluding carboxylic acids is 1. The van der Waals surface area contributed by atoms with Gasteiger partial charge in [-0.2, -0.15) is 0 Å². The number of thioether (sulfide) groups is 1. The Bertz CT molecular complexity index is 1190. The van der Waals surface area contributed by atoms with Crippen molar-refractivity contribution in [1.29, 1.82) is 0 Å². The fourth-order valence-electron chi connectivity index (χ4n) is 2.34. The van der Waals surface area contributed by atoms with Crippen LogP contribution in [-0.2, 0) is 14.6 Å². The highest BCUT2D eigenvalue weighted by Gasteiger charge is 2.22. The molecule has 3 aromatic rings. The maximum absolute atomic E-state index is 12.6. The van der Waals surface area contributed by atoms with Crippen LogP contribution in [0.2, 0.25) is 0 Å². The molecule has 10 heteroatoms. The number of nitrogens with one attached hydrogen (secondary N) is 2. The summed E-state index contributed by atoms with van der Waals surface area (Å²) in [6.07, 6.45) is 1.02. The molecule has 7 nitrogen and oxygen atoms in total. The van der Waals surface area contributed by atoms with Crippen LogP contribution in [0.5, 0.6) is 0 Å². The van der Waals surface area contributed by atoms with Gasteiger partial charge in [0, 0.05) is 10.2 Å². The fourth-order valence-corrected chi connectivity index (χ4v) is 4.47. The lowest BCUT2D eigenvalue weighted by atomic mass is 10.2. The van der Waals surface area contributed by atoms with Crippen molar-refractivity contribution in [3.63, 3.8) is 0 Å². The number of sulfone groups is 1. The number of hydrogen-bond donors (Lipinski definition) is 2. The van der Waals surface area contributed by atoms with Gasteiger partial charge < -0.3 is 10.3 Å². The zero-order valence-electron chi connectivity index (χ0n) is 15.2. The Balaban J connectivity index is 1.69. The van der Waals surface area contributed by atoms with Gasteiger partial charge >= 0.3 is 0 Å². The first-order chi connectivity index (χ1) is 13.8. The number of nitrogens with zero attached hydrogens (tertiary/aromatic N) is 1. The molecule has 1 aromatic heterocycles. The minimum atomic E-state index is -3.98. The highest BCUT2D eigenvalue weighted by molar-refractivity contribution is 9.10. The van der Waals surface area contributed by atoms with Gasteiger partial charge in [-0.05, 0) is 43.3 Å². The smallest absolute Gasteiger partial charge is 0.270 e. The largest absolute Gasteiger partial charge is 0.325 e. The van der Waals surface area contributed by atoms with E-state index in [-0.39, 0.29) is 21.7 Å². The Kier molecular flexibility index (Phi) is 6.56. The van der Waals surface area contributed by atoms with Crippen molar-refractivity contribution in [1.82, 2.24) is 9.97 Å². The van der Waals surface area contributed by atoms with Gasteiger partial charge in [0.25, 0.3) is 5.56 Å². The number of aryl methyl sites for hydroxylation is 1. The Morgan fingerprint density at radius 1 is 1.14 bits per heavy atom. The molecule has 0 unspecified atom stereocenters. The molecule has 0 aliphatic carbocycles. The number of amides is 1. The molecule has 0 fully saturated rings. The van der Waals surface area contributed by atoms with Crippen molar-refractivity contribution in [2.24, 2.45) is 0 Å². The van der Waals surface area contributed by atoms with Crippen molar-refractivity contribution >= 4 is 49.1 Å². The summed E-state index contributed by atoms with van der Waals surface area (Å²) >= 11 is 4.32. The van der Waals surface area contributed by atoms with Gasteiger partial charge in [-0.15, -0.1) is 0 Å². The molecule has 2 aromatic carbocycles. The summed E-state index contributed by atoms with van der Waals surface area (Å²) in [7, 11) is -3.98. The van der Waals surface area contributed by atoms with Crippen LogP contribution >= 0.6 is 27.7 Å². The van der Waals surface area contributed by atoms with Crippen LogP contribution < -0.4 is 10.9 Å². The number of rotatable bonds is 6. The molecule has 0 bridgehead atoms. The zero-order valence-corrected chi connectivity index (χ0v) is 18.4. The lowest BCUT2D eigenvalue weighted by molar-refractivity contribution is -0.113. The summed E-state index contributed by atoms with van der Waals surface area (Å²) in [5.74, 6) is -0.278. The number of benzene rings is 2. The van der Waals surface area contributed by atoms with Crippen molar-refractivity contribution in [3.05, 3.63) is 75.1 Å². The fraction of sp³-hybridized carbons (Fsp3) is 0.105. The molecular weight excluding hydrogens is 478 g/mol. The topological polar surface area (TPSA) is 109 Å². The van der Waals surface area contributed by atoms with E-state index < -0.39 is 20.3 Å². The van der Waals surface area contributed by atoms with E-state index in [1.165, 1.54) is 12.1 Å². The first kappa shape index (κ1) is 21.3. The quantitative estimate of drug-likeness (QED) is 0.402. The van der Waals surface area contributed by atoms with Crippen LogP contribution in [0.1, 0.15) is 5.56 Å².